The average Bonchev–Trinajstić information content (AvgIpc) is 2.27. The van der Waals surface area contributed by atoms with Gasteiger partial charge in [0.2, 0.25) is 10.0 Å². The van der Waals surface area contributed by atoms with E-state index in [0.717, 1.165) is 0 Å². The van der Waals surface area contributed by atoms with E-state index < -0.39 is 10.0 Å². The van der Waals surface area contributed by atoms with Crippen molar-refractivity contribution in [3.05, 3.63) is 29.8 Å². The molecular weight excluding hydrogens is 266 g/mol. The van der Waals surface area contributed by atoms with Crippen molar-refractivity contribution in [1.82, 2.24) is 0 Å². The van der Waals surface area contributed by atoms with Crippen LogP contribution in [0.4, 0.5) is 0 Å². The Morgan fingerprint density at radius 1 is 1.42 bits per heavy atom. The van der Waals surface area contributed by atoms with Crippen LogP contribution in [0.2, 0.25) is 0 Å². The molecule has 1 unspecified atom stereocenters. The predicted octanol–water partition coefficient (Wildman–Crippen LogP) is 1.03. The molecule has 6 heteroatoms. The van der Waals surface area contributed by atoms with Gasteiger partial charge in [0.15, 0.2) is 0 Å². The minimum atomic E-state index is -3.79. The summed E-state index contributed by atoms with van der Waals surface area (Å²) in [5.74, 6) is 5.12. The number of nitrogens with two attached hydrogens (primary N) is 1. The first kappa shape index (κ1) is 15.2. The van der Waals surface area contributed by atoms with E-state index in [1.54, 1.807) is 25.1 Å². The Labute approximate surface area is 112 Å². The Morgan fingerprint density at radius 2 is 2.05 bits per heavy atom. The number of esters is 1. The second-order valence-corrected chi connectivity index (χ2v) is 5.50. The summed E-state index contributed by atoms with van der Waals surface area (Å²) in [4.78, 5) is 10.7. The molecule has 19 heavy (non-hydrogen) atoms. The molecule has 2 N–H and O–H groups in total. The van der Waals surface area contributed by atoms with Crippen LogP contribution in [0.3, 0.4) is 0 Å². The van der Waals surface area contributed by atoms with Gasteiger partial charge < -0.3 is 4.74 Å². The van der Waals surface area contributed by atoms with E-state index >= 15 is 0 Å². The summed E-state index contributed by atoms with van der Waals surface area (Å²) in [6.45, 7) is 3.03. The zero-order chi connectivity index (χ0) is 14.5. The van der Waals surface area contributed by atoms with E-state index in [0.29, 0.717) is 12.0 Å². The summed E-state index contributed by atoms with van der Waals surface area (Å²) in [6, 6.07) is 6.22. The number of hydrogen-bond donors (Lipinski definition) is 1. The lowest BCUT2D eigenvalue weighted by atomic mass is 10.2. The van der Waals surface area contributed by atoms with Crippen LogP contribution in [0.5, 0.6) is 0 Å². The minimum Gasteiger partial charge on any atom is -0.462 e. The molecule has 1 aromatic rings. The summed E-state index contributed by atoms with van der Waals surface area (Å²) in [5.41, 5.74) is 0.333. The van der Waals surface area contributed by atoms with Crippen LogP contribution < -0.4 is 5.14 Å². The summed E-state index contributed by atoms with van der Waals surface area (Å²) >= 11 is 0. The number of carbonyl (C=O) groups is 1. The Kier molecular flexibility index (Phi) is 5.10. The topological polar surface area (TPSA) is 86.5 Å². The van der Waals surface area contributed by atoms with Gasteiger partial charge in [-0.15, -0.1) is 0 Å². The Balaban J connectivity index is 2.87. The van der Waals surface area contributed by atoms with Gasteiger partial charge in [0.1, 0.15) is 6.10 Å². The first-order valence-electron chi connectivity index (χ1n) is 5.58. The second kappa shape index (κ2) is 6.36. The molecule has 0 radical (unpaired) electrons. The van der Waals surface area contributed by atoms with E-state index in [1.807, 2.05) is 0 Å². The molecule has 0 spiro atoms. The van der Waals surface area contributed by atoms with Crippen molar-refractivity contribution in [3.8, 4) is 11.8 Å². The Morgan fingerprint density at radius 3 is 2.63 bits per heavy atom. The molecule has 1 aromatic carbocycles. The van der Waals surface area contributed by atoms with Gasteiger partial charge in [0.25, 0.3) is 0 Å². The summed E-state index contributed by atoms with van der Waals surface area (Å²) in [5, 5.41) is 5.09. The third-order valence-corrected chi connectivity index (χ3v) is 3.14. The fraction of sp³-hybridized carbons (Fsp3) is 0.308. The quantitative estimate of drug-likeness (QED) is 0.662. The molecule has 0 aliphatic heterocycles. The first-order chi connectivity index (χ1) is 8.80. The lowest BCUT2D eigenvalue weighted by Gasteiger charge is -2.07. The van der Waals surface area contributed by atoms with Crippen molar-refractivity contribution < 1.29 is 17.9 Å². The molecule has 0 bridgehead atoms. The predicted molar refractivity (Wildman–Crippen MR) is 70.5 cm³/mol. The Hall–Kier alpha value is -1.84. The number of sulfonamides is 1. The van der Waals surface area contributed by atoms with Crippen molar-refractivity contribution in [2.24, 2.45) is 5.14 Å². The van der Waals surface area contributed by atoms with E-state index in [9.17, 15) is 13.2 Å². The van der Waals surface area contributed by atoms with Gasteiger partial charge >= 0.3 is 5.97 Å². The molecule has 0 aromatic heterocycles. The maximum absolute atomic E-state index is 11.3. The zero-order valence-electron chi connectivity index (χ0n) is 10.7. The number of primary sulfonamides is 1. The molecule has 102 valence electrons. The van der Waals surface area contributed by atoms with Gasteiger partial charge in [-0.2, -0.15) is 0 Å². The van der Waals surface area contributed by atoms with E-state index in [-0.39, 0.29) is 17.0 Å². The van der Waals surface area contributed by atoms with Gasteiger partial charge in [-0.25, -0.2) is 13.6 Å². The zero-order valence-corrected chi connectivity index (χ0v) is 11.5. The molecule has 0 aliphatic carbocycles. The van der Waals surface area contributed by atoms with Gasteiger partial charge in [-0.1, -0.05) is 24.0 Å². The smallest absolute Gasteiger partial charge is 0.302 e. The van der Waals surface area contributed by atoms with Gasteiger partial charge in [-0.3, -0.25) is 4.79 Å². The van der Waals surface area contributed by atoms with Crippen molar-refractivity contribution in [2.75, 3.05) is 0 Å². The fourth-order valence-corrected chi connectivity index (χ4v) is 2.13. The molecule has 5 nitrogen and oxygen atoms in total. The number of carbonyl (C=O) groups excluding carboxylic acids is 1. The number of benzene rings is 1. The number of rotatable bonds is 3. The molecule has 0 saturated carbocycles. The largest absolute Gasteiger partial charge is 0.462 e. The van der Waals surface area contributed by atoms with Gasteiger partial charge in [0.05, 0.1) is 4.90 Å². The third-order valence-electron chi connectivity index (χ3n) is 2.17. The highest BCUT2D eigenvalue weighted by Crippen LogP contribution is 2.12. The van der Waals surface area contributed by atoms with Crippen LogP contribution in [0.15, 0.2) is 29.2 Å². The monoisotopic (exact) mass is 281 g/mol. The molecule has 1 atom stereocenters. The summed E-state index contributed by atoms with van der Waals surface area (Å²) < 4.78 is 27.6. The van der Waals surface area contributed by atoms with Crippen LogP contribution in [0.25, 0.3) is 0 Å². The third kappa shape index (κ3) is 5.12. The standard InChI is InChI=1S/C13H15NO4S/c1-10(18-11(2)15)6-5-8-12-7-3-4-9-13(12)19(14,16)17/h3-4,7,9-10H,6H2,1-2H3,(H2,14,16,17). The van der Waals surface area contributed by atoms with E-state index in [2.05, 4.69) is 11.8 Å². The highest BCUT2D eigenvalue weighted by molar-refractivity contribution is 7.89. The van der Waals surface area contributed by atoms with Crippen LogP contribution in [-0.2, 0) is 19.6 Å². The van der Waals surface area contributed by atoms with Crippen molar-refractivity contribution in [1.29, 1.82) is 0 Å². The number of ether oxygens (including phenoxy) is 1. The van der Waals surface area contributed by atoms with E-state index in [4.69, 9.17) is 9.88 Å². The summed E-state index contributed by atoms with van der Waals surface area (Å²) in [6.07, 6.45) is -0.0231. The molecule has 0 fully saturated rings. The van der Waals surface area contributed by atoms with Crippen molar-refractivity contribution in [3.63, 3.8) is 0 Å². The molecule has 0 saturated heterocycles. The van der Waals surface area contributed by atoms with E-state index in [1.165, 1.54) is 13.0 Å². The maximum Gasteiger partial charge on any atom is 0.302 e. The highest BCUT2D eigenvalue weighted by atomic mass is 32.2. The minimum absolute atomic E-state index is 0.0114. The molecular formula is C13H15NO4S. The lowest BCUT2D eigenvalue weighted by molar-refractivity contribution is -0.145. The normalized spacial score (nSPS) is 12.2. The van der Waals surface area contributed by atoms with Gasteiger partial charge in [-0.05, 0) is 19.1 Å². The van der Waals surface area contributed by atoms with Crippen LogP contribution in [0, 0.1) is 11.8 Å². The van der Waals surface area contributed by atoms with Crippen molar-refractivity contribution in [2.45, 2.75) is 31.3 Å². The SMILES string of the molecule is CC(=O)OC(C)CC#Cc1ccccc1S(N)(=O)=O. The van der Waals surface area contributed by atoms with Crippen molar-refractivity contribution >= 4 is 16.0 Å². The fourth-order valence-electron chi connectivity index (χ4n) is 1.43. The van der Waals surface area contributed by atoms with Crippen LogP contribution in [0.1, 0.15) is 25.8 Å². The van der Waals surface area contributed by atoms with Crippen LogP contribution in [-0.4, -0.2) is 20.5 Å². The molecule has 0 heterocycles. The second-order valence-electron chi connectivity index (χ2n) is 3.97. The van der Waals surface area contributed by atoms with Crippen LogP contribution >= 0.6 is 0 Å². The maximum atomic E-state index is 11.3. The highest BCUT2D eigenvalue weighted by Gasteiger charge is 2.11. The lowest BCUT2D eigenvalue weighted by Crippen LogP contribution is -2.13. The van der Waals surface area contributed by atoms with Gasteiger partial charge in [0, 0.05) is 18.9 Å². The molecule has 0 aliphatic rings. The molecule has 1 rings (SSSR count). The summed E-state index contributed by atoms with van der Waals surface area (Å²) in [7, 11) is -3.79. The average molecular weight is 281 g/mol. The number of hydrogen-bond acceptors (Lipinski definition) is 4. The molecule has 0 amide bonds. The Bertz CT molecular complexity index is 626. The first-order valence-corrected chi connectivity index (χ1v) is 7.13.